The number of hydrogen-bond donors (Lipinski definition) is 1. The van der Waals surface area contributed by atoms with Crippen LogP contribution < -0.4 is 10.1 Å². The molecule has 3 nitrogen and oxygen atoms in total. The molecule has 0 saturated carbocycles. The van der Waals surface area contributed by atoms with Gasteiger partial charge in [0, 0.05) is 19.7 Å². The van der Waals surface area contributed by atoms with E-state index in [2.05, 4.69) is 63.2 Å². The van der Waals surface area contributed by atoms with Crippen LogP contribution in [0, 0.1) is 5.92 Å². The number of halogens is 2. The van der Waals surface area contributed by atoms with E-state index in [4.69, 9.17) is 9.47 Å². The third-order valence-electron chi connectivity index (χ3n) is 2.85. The molecule has 1 aromatic rings. The van der Waals surface area contributed by atoms with Crippen molar-refractivity contribution in [2.24, 2.45) is 5.92 Å². The molecule has 0 amide bonds. The summed E-state index contributed by atoms with van der Waals surface area (Å²) in [5.41, 5.74) is 1.20. The SMILES string of the molecule is COc1c(Br)cc(CNCCOCCC(C)C)cc1Br. The minimum absolute atomic E-state index is 0.706. The van der Waals surface area contributed by atoms with Crippen LogP contribution in [0.25, 0.3) is 0 Å². The number of hydrogen-bond acceptors (Lipinski definition) is 3. The molecule has 1 aromatic carbocycles. The summed E-state index contributed by atoms with van der Waals surface area (Å²) < 4.78 is 12.8. The molecule has 0 saturated heterocycles. The molecule has 5 heteroatoms. The van der Waals surface area contributed by atoms with Gasteiger partial charge in [0.1, 0.15) is 5.75 Å². The van der Waals surface area contributed by atoms with Gasteiger partial charge >= 0.3 is 0 Å². The second-order valence-corrected chi connectivity index (χ2v) is 6.77. The van der Waals surface area contributed by atoms with Gasteiger partial charge in [-0.15, -0.1) is 0 Å². The fourth-order valence-corrected chi connectivity index (χ4v) is 3.31. The number of rotatable bonds is 9. The minimum atomic E-state index is 0.706. The van der Waals surface area contributed by atoms with Crippen molar-refractivity contribution in [3.8, 4) is 5.75 Å². The van der Waals surface area contributed by atoms with Gasteiger partial charge in [0.05, 0.1) is 22.7 Å². The minimum Gasteiger partial charge on any atom is -0.494 e. The van der Waals surface area contributed by atoms with Gasteiger partial charge in [-0.05, 0) is 61.9 Å². The largest absolute Gasteiger partial charge is 0.494 e. The van der Waals surface area contributed by atoms with E-state index in [-0.39, 0.29) is 0 Å². The molecule has 0 aromatic heterocycles. The zero-order valence-corrected chi connectivity index (χ0v) is 15.5. The standard InChI is InChI=1S/C15H23Br2NO2/c1-11(2)4-6-20-7-5-18-10-12-8-13(16)15(19-3)14(17)9-12/h8-9,11,18H,4-7,10H2,1-3H3. The highest BCUT2D eigenvalue weighted by atomic mass is 79.9. The molecule has 0 unspecified atom stereocenters. The van der Waals surface area contributed by atoms with Crippen LogP contribution in [-0.4, -0.2) is 26.9 Å². The molecule has 0 aliphatic heterocycles. The van der Waals surface area contributed by atoms with E-state index in [1.54, 1.807) is 7.11 Å². The number of ether oxygens (including phenoxy) is 2. The predicted octanol–water partition coefficient (Wildman–Crippen LogP) is 4.37. The Hall–Kier alpha value is -0.100. The van der Waals surface area contributed by atoms with Crippen LogP contribution in [0.3, 0.4) is 0 Å². The molecule has 0 heterocycles. The predicted molar refractivity (Wildman–Crippen MR) is 90.4 cm³/mol. The third kappa shape index (κ3) is 6.57. The van der Waals surface area contributed by atoms with Gasteiger partial charge in [0.2, 0.25) is 0 Å². The summed E-state index contributed by atoms with van der Waals surface area (Å²) in [5, 5.41) is 3.37. The number of benzene rings is 1. The average Bonchev–Trinajstić information content (AvgIpc) is 2.37. The van der Waals surface area contributed by atoms with E-state index in [1.807, 2.05) is 0 Å². The van der Waals surface area contributed by atoms with Gasteiger partial charge < -0.3 is 14.8 Å². The van der Waals surface area contributed by atoms with Gasteiger partial charge in [-0.1, -0.05) is 13.8 Å². The molecule has 0 bridgehead atoms. The first kappa shape index (κ1) is 18.0. The van der Waals surface area contributed by atoms with E-state index in [9.17, 15) is 0 Å². The maximum atomic E-state index is 5.57. The molecule has 1 N–H and O–H groups in total. The monoisotopic (exact) mass is 407 g/mol. The highest BCUT2D eigenvalue weighted by Gasteiger charge is 2.07. The third-order valence-corrected chi connectivity index (χ3v) is 4.03. The lowest BCUT2D eigenvalue weighted by Gasteiger charge is -2.10. The lowest BCUT2D eigenvalue weighted by atomic mass is 10.1. The fraction of sp³-hybridized carbons (Fsp3) is 0.600. The van der Waals surface area contributed by atoms with Crippen molar-refractivity contribution in [2.75, 3.05) is 26.9 Å². The fourth-order valence-electron chi connectivity index (χ4n) is 1.71. The van der Waals surface area contributed by atoms with Crippen molar-refractivity contribution in [1.29, 1.82) is 0 Å². The highest BCUT2D eigenvalue weighted by molar-refractivity contribution is 9.11. The van der Waals surface area contributed by atoms with Crippen LogP contribution in [0.15, 0.2) is 21.1 Å². The Labute approximate surface area is 138 Å². The summed E-state index contributed by atoms with van der Waals surface area (Å²) >= 11 is 7.01. The summed E-state index contributed by atoms with van der Waals surface area (Å²) in [7, 11) is 1.66. The molecule has 0 aliphatic rings. The molecule has 20 heavy (non-hydrogen) atoms. The average molecular weight is 409 g/mol. The second kappa shape index (κ2) is 9.77. The van der Waals surface area contributed by atoms with Crippen molar-refractivity contribution in [3.63, 3.8) is 0 Å². The van der Waals surface area contributed by atoms with E-state index < -0.39 is 0 Å². The zero-order valence-electron chi connectivity index (χ0n) is 12.3. The Balaban J connectivity index is 2.26. The second-order valence-electron chi connectivity index (χ2n) is 5.06. The van der Waals surface area contributed by atoms with Crippen molar-refractivity contribution in [1.82, 2.24) is 5.32 Å². The maximum Gasteiger partial charge on any atom is 0.147 e. The lowest BCUT2D eigenvalue weighted by molar-refractivity contribution is 0.125. The van der Waals surface area contributed by atoms with Gasteiger partial charge in [-0.3, -0.25) is 0 Å². The molecule has 0 atom stereocenters. The Morgan fingerprint density at radius 1 is 1.15 bits per heavy atom. The zero-order chi connectivity index (χ0) is 15.0. The van der Waals surface area contributed by atoms with Gasteiger partial charge in [0.25, 0.3) is 0 Å². The maximum absolute atomic E-state index is 5.57. The van der Waals surface area contributed by atoms with Crippen LogP contribution in [0.5, 0.6) is 5.75 Å². The Bertz CT molecular complexity index is 388. The highest BCUT2D eigenvalue weighted by Crippen LogP contribution is 2.34. The van der Waals surface area contributed by atoms with Crippen molar-refractivity contribution < 1.29 is 9.47 Å². The molecule has 114 valence electrons. The van der Waals surface area contributed by atoms with Gasteiger partial charge in [0.15, 0.2) is 0 Å². The van der Waals surface area contributed by atoms with E-state index in [0.717, 1.165) is 47.4 Å². The molecule has 0 radical (unpaired) electrons. The van der Waals surface area contributed by atoms with E-state index in [1.165, 1.54) is 5.56 Å². The van der Waals surface area contributed by atoms with E-state index >= 15 is 0 Å². The summed E-state index contributed by atoms with van der Waals surface area (Å²) in [6, 6.07) is 4.13. The summed E-state index contributed by atoms with van der Waals surface area (Å²) in [6.45, 7) is 7.69. The number of nitrogens with one attached hydrogen (secondary N) is 1. The normalized spacial score (nSPS) is 11.1. The number of methoxy groups -OCH3 is 1. The summed E-state index contributed by atoms with van der Waals surface area (Å²) in [6.07, 6.45) is 1.12. The Morgan fingerprint density at radius 2 is 1.80 bits per heavy atom. The molecule has 0 spiro atoms. The van der Waals surface area contributed by atoms with Crippen molar-refractivity contribution >= 4 is 31.9 Å². The molecule has 0 aliphatic carbocycles. The summed E-state index contributed by atoms with van der Waals surface area (Å²) in [4.78, 5) is 0. The van der Waals surface area contributed by atoms with Crippen molar-refractivity contribution in [2.45, 2.75) is 26.8 Å². The lowest BCUT2D eigenvalue weighted by Crippen LogP contribution is -2.19. The quantitative estimate of drug-likeness (QED) is 0.615. The van der Waals surface area contributed by atoms with Gasteiger partial charge in [-0.2, -0.15) is 0 Å². The van der Waals surface area contributed by atoms with Crippen LogP contribution in [0.1, 0.15) is 25.8 Å². The van der Waals surface area contributed by atoms with Gasteiger partial charge in [-0.25, -0.2) is 0 Å². The van der Waals surface area contributed by atoms with E-state index in [0.29, 0.717) is 5.92 Å². The van der Waals surface area contributed by atoms with Crippen LogP contribution >= 0.6 is 31.9 Å². The smallest absolute Gasteiger partial charge is 0.147 e. The van der Waals surface area contributed by atoms with Crippen LogP contribution in [-0.2, 0) is 11.3 Å². The Kier molecular flexibility index (Phi) is 8.77. The van der Waals surface area contributed by atoms with Crippen LogP contribution in [0.2, 0.25) is 0 Å². The first-order valence-electron chi connectivity index (χ1n) is 6.85. The molecular formula is C15H23Br2NO2. The van der Waals surface area contributed by atoms with Crippen molar-refractivity contribution in [3.05, 3.63) is 26.6 Å². The topological polar surface area (TPSA) is 30.5 Å². The first-order chi connectivity index (χ1) is 9.54. The molecular weight excluding hydrogens is 386 g/mol. The van der Waals surface area contributed by atoms with Crippen LogP contribution in [0.4, 0.5) is 0 Å². The molecule has 1 rings (SSSR count). The summed E-state index contributed by atoms with van der Waals surface area (Å²) in [5.74, 6) is 1.53. The first-order valence-corrected chi connectivity index (χ1v) is 8.43. The molecule has 0 fully saturated rings. The Morgan fingerprint density at radius 3 is 2.35 bits per heavy atom.